The number of likely N-dealkylation sites (N-methyl/N-ethyl adjacent to an activating group) is 1. The van der Waals surface area contributed by atoms with E-state index in [0.29, 0.717) is 18.4 Å². The molecule has 1 aliphatic rings. The van der Waals surface area contributed by atoms with Crippen molar-refractivity contribution in [2.75, 3.05) is 7.05 Å². The van der Waals surface area contributed by atoms with Crippen molar-refractivity contribution in [1.29, 1.82) is 0 Å². The molecule has 4 N–H and O–H groups in total. The van der Waals surface area contributed by atoms with E-state index in [-0.39, 0.29) is 12.3 Å². The van der Waals surface area contributed by atoms with Crippen LogP contribution in [0.5, 0.6) is 0 Å². The molecular weight excluding hydrogens is 258 g/mol. The van der Waals surface area contributed by atoms with E-state index in [4.69, 9.17) is 15.9 Å². The first-order valence-corrected chi connectivity index (χ1v) is 6.76. The Hall–Kier alpha value is -1.82. The van der Waals surface area contributed by atoms with Crippen LogP contribution in [0.25, 0.3) is 0 Å². The lowest BCUT2D eigenvalue weighted by atomic mass is 10.2. The molecule has 20 heavy (non-hydrogen) atoms. The minimum atomic E-state index is -0.893. The predicted octanol–water partition coefficient (Wildman–Crippen LogP) is 0.564. The van der Waals surface area contributed by atoms with Crippen LogP contribution in [-0.2, 0) is 16.1 Å². The number of furan rings is 1. The van der Waals surface area contributed by atoms with Gasteiger partial charge in [-0.1, -0.05) is 6.92 Å². The van der Waals surface area contributed by atoms with Crippen LogP contribution in [0.4, 0.5) is 0 Å². The largest absolute Gasteiger partial charge is 0.464 e. The number of carbonyl (C=O) groups is 2. The molecule has 6 nitrogen and oxygen atoms in total. The molecule has 1 aromatic heterocycles. The molecule has 0 aromatic carbocycles. The van der Waals surface area contributed by atoms with Gasteiger partial charge in [0.05, 0.1) is 19.0 Å². The second-order valence-corrected chi connectivity index (χ2v) is 5.59. The molecule has 1 aliphatic carbocycles. The van der Waals surface area contributed by atoms with Crippen LogP contribution in [-0.4, -0.2) is 29.8 Å². The van der Waals surface area contributed by atoms with Crippen molar-refractivity contribution in [2.45, 2.75) is 38.3 Å². The molecule has 2 rings (SSSR count). The van der Waals surface area contributed by atoms with Crippen LogP contribution in [0, 0.1) is 5.92 Å². The normalized spacial score (nSPS) is 22.4. The monoisotopic (exact) mass is 279 g/mol. The zero-order chi connectivity index (χ0) is 14.9. The summed E-state index contributed by atoms with van der Waals surface area (Å²) in [6, 6.07) is 2.95. The topological polar surface area (TPSA) is 103 Å². The van der Waals surface area contributed by atoms with Gasteiger partial charge >= 0.3 is 0 Å². The molecule has 1 heterocycles. The second kappa shape index (κ2) is 5.66. The van der Waals surface area contributed by atoms with Gasteiger partial charge in [-0.2, -0.15) is 0 Å². The van der Waals surface area contributed by atoms with Crippen LogP contribution in [0.1, 0.15) is 37.2 Å². The Balaban J connectivity index is 1.90. The second-order valence-electron chi connectivity index (χ2n) is 5.59. The number of carbonyl (C=O) groups excluding carboxylic acids is 2. The molecule has 0 bridgehead atoms. The summed E-state index contributed by atoms with van der Waals surface area (Å²) in [6.45, 7) is 2.53. The number of nitrogens with two attached hydrogens (primary N) is 2. The van der Waals surface area contributed by atoms with Gasteiger partial charge in [-0.05, 0) is 24.5 Å². The maximum Gasteiger partial charge on any atom is 0.240 e. The Bertz CT molecular complexity index is 512. The van der Waals surface area contributed by atoms with Crippen molar-refractivity contribution in [1.82, 2.24) is 4.90 Å². The van der Waals surface area contributed by atoms with Gasteiger partial charge < -0.3 is 20.8 Å². The third kappa shape index (κ3) is 3.39. The summed E-state index contributed by atoms with van der Waals surface area (Å²) in [7, 11) is 1.63. The minimum absolute atomic E-state index is 0.147. The van der Waals surface area contributed by atoms with E-state index >= 15 is 0 Å². The van der Waals surface area contributed by atoms with Gasteiger partial charge in [0.25, 0.3) is 0 Å². The smallest absolute Gasteiger partial charge is 0.240 e. The third-order valence-corrected chi connectivity index (χ3v) is 3.66. The summed E-state index contributed by atoms with van der Waals surface area (Å²) < 4.78 is 5.73. The number of nitrogens with zero attached hydrogens (tertiary/aromatic N) is 1. The fraction of sp³-hybridized carbons (Fsp3) is 0.571. The zero-order valence-corrected chi connectivity index (χ0v) is 11.8. The van der Waals surface area contributed by atoms with Crippen LogP contribution in [0.15, 0.2) is 16.5 Å². The molecule has 0 spiro atoms. The maximum absolute atomic E-state index is 11.9. The Kier molecular flexibility index (Phi) is 4.13. The molecule has 2 amide bonds. The fourth-order valence-electron chi connectivity index (χ4n) is 2.30. The summed E-state index contributed by atoms with van der Waals surface area (Å²) in [4.78, 5) is 24.2. The van der Waals surface area contributed by atoms with E-state index in [1.165, 1.54) is 4.90 Å². The fourth-order valence-corrected chi connectivity index (χ4v) is 2.30. The summed E-state index contributed by atoms with van der Waals surface area (Å²) in [5, 5.41) is 0. The van der Waals surface area contributed by atoms with Crippen molar-refractivity contribution in [3.63, 3.8) is 0 Å². The summed E-state index contributed by atoms with van der Waals surface area (Å²) in [6.07, 6.45) is 1.01. The summed E-state index contributed by atoms with van der Waals surface area (Å²) in [5.74, 6) is 2.00. The molecule has 0 aliphatic heterocycles. The van der Waals surface area contributed by atoms with Gasteiger partial charge in [-0.3, -0.25) is 9.59 Å². The Morgan fingerprint density at radius 3 is 2.70 bits per heavy atom. The van der Waals surface area contributed by atoms with Crippen LogP contribution < -0.4 is 11.5 Å². The quantitative estimate of drug-likeness (QED) is 0.794. The number of amides is 2. The number of rotatable bonds is 6. The van der Waals surface area contributed by atoms with Gasteiger partial charge in [-0.15, -0.1) is 0 Å². The third-order valence-electron chi connectivity index (χ3n) is 3.66. The molecule has 1 saturated carbocycles. The number of hydrogen-bond donors (Lipinski definition) is 2. The molecule has 0 radical (unpaired) electrons. The summed E-state index contributed by atoms with van der Waals surface area (Å²) in [5.41, 5.74) is 10.7. The Morgan fingerprint density at radius 2 is 2.15 bits per heavy atom. The SMILES string of the molecule is CC1CC1c1ccc(CN(C)C(=O)C(N)CC(N)=O)o1. The average Bonchev–Trinajstić information content (AvgIpc) is 2.91. The van der Waals surface area contributed by atoms with E-state index in [0.717, 1.165) is 17.9 Å². The molecule has 3 unspecified atom stereocenters. The van der Waals surface area contributed by atoms with Gasteiger partial charge in [0.2, 0.25) is 11.8 Å². The van der Waals surface area contributed by atoms with Crippen LogP contribution in [0.3, 0.4) is 0 Å². The number of primary amides is 1. The van der Waals surface area contributed by atoms with Crippen LogP contribution in [0.2, 0.25) is 0 Å². The summed E-state index contributed by atoms with van der Waals surface area (Å²) >= 11 is 0. The van der Waals surface area contributed by atoms with E-state index in [9.17, 15) is 9.59 Å². The molecule has 110 valence electrons. The molecular formula is C14H21N3O3. The molecule has 3 atom stereocenters. The first-order valence-electron chi connectivity index (χ1n) is 6.76. The van der Waals surface area contributed by atoms with Crippen molar-refractivity contribution in [2.24, 2.45) is 17.4 Å². The Morgan fingerprint density at radius 1 is 1.50 bits per heavy atom. The van der Waals surface area contributed by atoms with Crippen molar-refractivity contribution in [3.8, 4) is 0 Å². The highest BCUT2D eigenvalue weighted by Gasteiger charge is 2.36. The number of hydrogen-bond acceptors (Lipinski definition) is 4. The highest BCUT2D eigenvalue weighted by Crippen LogP contribution is 2.47. The Labute approximate surface area is 118 Å². The van der Waals surface area contributed by atoms with Crippen molar-refractivity contribution >= 4 is 11.8 Å². The van der Waals surface area contributed by atoms with Crippen LogP contribution >= 0.6 is 0 Å². The van der Waals surface area contributed by atoms with Gasteiger partial charge in [0, 0.05) is 13.0 Å². The van der Waals surface area contributed by atoms with E-state index in [2.05, 4.69) is 6.92 Å². The van der Waals surface area contributed by atoms with E-state index in [1.807, 2.05) is 12.1 Å². The molecule has 1 aromatic rings. The lowest BCUT2D eigenvalue weighted by Crippen LogP contribution is -2.43. The molecule has 0 saturated heterocycles. The van der Waals surface area contributed by atoms with E-state index in [1.54, 1.807) is 7.05 Å². The molecule has 1 fully saturated rings. The van der Waals surface area contributed by atoms with Gasteiger partial charge in [0.15, 0.2) is 0 Å². The predicted molar refractivity (Wildman–Crippen MR) is 73.5 cm³/mol. The highest BCUT2D eigenvalue weighted by molar-refractivity contribution is 5.87. The standard InChI is InChI=1S/C14H21N3O3/c1-8-5-10(8)12-4-3-9(20-12)7-17(2)14(19)11(15)6-13(16)18/h3-4,8,10-11H,5-7,15H2,1-2H3,(H2,16,18). The molecule has 6 heteroatoms. The lowest BCUT2D eigenvalue weighted by Gasteiger charge is -2.19. The van der Waals surface area contributed by atoms with Gasteiger partial charge in [-0.25, -0.2) is 0 Å². The zero-order valence-electron chi connectivity index (χ0n) is 11.8. The average molecular weight is 279 g/mol. The van der Waals surface area contributed by atoms with Gasteiger partial charge in [0.1, 0.15) is 11.5 Å². The van der Waals surface area contributed by atoms with E-state index < -0.39 is 11.9 Å². The lowest BCUT2D eigenvalue weighted by molar-refractivity contribution is -0.134. The minimum Gasteiger partial charge on any atom is -0.464 e. The maximum atomic E-state index is 11.9. The van der Waals surface area contributed by atoms with Crippen molar-refractivity contribution < 1.29 is 14.0 Å². The first-order chi connectivity index (χ1) is 9.38. The highest BCUT2D eigenvalue weighted by atomic mass is 16.3. The first kappa shape index (κ1) is 14.6. The van der Waals surface area contributed by atoms with Crippen molar-refractivity contribution in [3.05, 3.63) is 23.7 Å².